The number of ether oxygens (including phenoxy) is 1. The molecule has 0 unspecified atom stereocenters. The van der Waals surface area contributed by atoms with Crippen molar-refractivity contribution in [1.29, 1.82) is 0 Å². The SMILES string of the molecule is O=C(C[C@@H]1CNCCO1)NC1CCN(Cc2cccs2)CC1. The van der Waals surface area contributed by atoms with Gasteiger partial charge < -0.3 is 15.4 Å². The Morgan fingerprint density at radius 3 is 3.00 bits per heavy atom. The van der Waals surface area contributed by atoms with E-state index in [1.54, 1.807) is 0 Å². The van der Waals surface area contributed by atoms with Crippen molar-refractivity contribution < 1.29 is 9.53 Å². The van der Waals surface area contributed by atoms with E-state index in [1.165, 1.54) is 4.88 Å². The molecular formula is C16H25N3O2S. The average molecular weight is 323 g/mol. The number of piperidine rings is 1. The van der Waals surface area contributed by atoms with Crippen molar-refractivity contribution in [3.8, 4) is 0 Å². The van der Waals surface area contributed by atoms with Crippen molar-refractivity contribution in [2.45, 2.75) is 38.0 Å². The molecule has 0 aromatic carbocycles. The average Bonchev–Trinajstić information content (AvgIpc) is 3.03. The standard InChI is InChI=1S/C16H25N3O2S/c20-16(10-14-11-17-5-8-21-14)18-13-3-6-19(7-4-13)12-15-2-1-9-22-15/h1-2,9,13-14,17H,3-8,10-12H2,(H,18,20)/t14-/m1/s1. The van der Waals surface area contributed by atoms with E-state index < -0.39 is 0 Å². The maximum absolute atomic E-state index is 12.1. The summed E-state index contributed by atoms with van der Waals surface area (Å²) in [6.07, 6.45) is 2.59. The zero-order valence-electron chi connectivity index (χ0n) is 12.9. The highest BCUT2D eigenvalue weighted by Gasteiger charge is 2.23. The van der Waals surface area contributed by atoms with Crippen molar-refractivity contribution in [1.82, 2.24) is 15.5 Å². The fourth-order valence-electron chi connectivity index (χ4n) is 3.10. The lowest BCUT2D eigenvalue weighted by atomic mass is 10.0. The maximum atomic E-state index is 12.1. The molecule has 0 radical (unpaired) electrons. The van der Waals surface area contributed by atoms with Crippen molar-refractivity contribution in [3.63, 3.8) is 0 Å². The van der Waals surface area contributed by atoms with E-state index in [2.05, 4.69) is 33.0 Å². The molecule has 0 spiro atoms. The van der Waals surface area contributed by atoms with Crippen LogP contribution in [-0.2, 0) is 16.1 Å². The number of hydrogen-bond donors (Lipinski definition) is 2. The van der Waals surface area contributed by atoms with E-state index in [-0.39, 0.29) is 12.0 Å². The number of nitrogens with zero attached hydrogens (tertiary/aromatic N) is 1. The van der Waals surface area contributed by atoms with Gasteiger partial charge in [0, 0.05) is 43.6 Å². The second-order valence-electron chi connectivity index (χ2n) is 6.10. The zero-order valence-corrected chi connectivity index (χ0v) is 13.7. The van der Waals surface area contributed by atoms with Crippen LogP contribution in [0.15, 0.2) is 17.5 Å². The maximum Gasteiger partial charge on any atom is 0.222 e. The topological polar surface area (TPSA) is 53.6 Å². The molecule has 1 aromatic rings. The second-order valence-corrected chi connectivity index (χ2v) is 7.13. The number of thiophene rings is 1. The lowest BCUT2D eigenvalue weighted by Crippen LogP contribution is -2.46. The van der Waals surface area contributed by atoms with Gasteiger partial charge in [-0.2, -0.15) is 0 Å². The first-order valence-electron chi connectivity index (χ1n) is 8.16. The molecule has 5 nitrogen and oxygen atoms in total. The summed E-state index contributed by atoms with van der Waals surface area (Å²) in [6, 6.07) is 4.62. The highest BCUT2D eigenvalue weighted by atomic mass is 32.1. The normalized spacial score (nSPS) is 24.3. The Morgan fingerprint density at radius 2 is 2.32 bits per heavy atom. The lowest BCUT2D eigenvalue weighted by Gasteiger charge is -2.32. The highest BCUT2D eigenvalue weighted by molar-refractivity contribution is 7.09. The Bertz CT molecular complexity index is 452. The van der Waals surface area contributed by atoms with Gasteiger partial charge in [0.05, 0.1) is 19.1 Å². The van der Waals surface area contributed by atoms with E-state index >= 15 is 0 Å². The van der Waals surface area contributed by atoms with Crippen molar-refractivity contribution >= 4 is 17.2 Å². The van der Waals surface area contributed by atoms with Gasteiger partial charge in [-0.15, -0.1) is 11.3 Å². The molecule has 1 atom stereocenters. The molecule has 1 aromatic heterocycles. The first-order chi connectivity index (χ1) is 10.8. The molecule has 22 heavy (non-hydrogen) atoms. The third kappa shape index (κ3) is 4.78. The number of hydrogen-bond acceptors (Lipinski definition) is 5. The quantitative estimate of drug-likeness (QED) is 0.855. The highest BCUT2D eigenvalue weighted by Crippen LogP contribution is 2.17. The molecule has 2 fully saturated rings. The molecule has 2 aliphatic rings. The molecule has 2 N–H and O–H groups in total. The number of amides is 1. The van der Waals surface area contributed by atoms with Gasteiger partial charge in [-0.1, -0.05) is 6.07 Å². The van der Waals surface area contributed by atoms with Crippen molar-refractivity contribution in [3.05, 3.63) is 22.4 Å². The summed E-state index contributed by atoms with van der Waals surface area (Å²) in [5.41, 5.74) is 0. The van der Waals surface area contributed by atoms with Crippen LogP contribution in [0.3, 0.4) is 0 Å². The first kappa shape index (κ1) is 15.9. The fourth-order valence-corrected chi connectivity index (χ4v) is 3.85. The fraction of sp³-hybridized carbons (Fsp3) is 0.688. The molecule has 3 heterocycles. The summed E-state index contributed by atoms with van der Waals surface area (Å²) in [5, 5.41) is 8.56. The number of carbonyl (C=O) groups is 1. The molecule has 0 bridgehead atoms. The minimum absolute atomic E-state index is 0.0349. The van der Waals surface area contributed by atoms with Gasteiger partial charge in [0.2, 0.25) is 5.91 Å². The molecule has 0 saturated carbocycles. The Hall–Kier alpha value is -0.950. The molecule has 0 aliphatic carbocycles. The van der Waals surface area contributed by atoms with E-state index in [9.17, 15) is 4.79 Å². The van der Waals surface area contributed by atoms with Crippen LogP contribution in [0, 0.1) is 0 Å². The molecule has 122 valence electrons. The molecule has 1 amide bonds. The number of morpholine rings is 1. The zero-order chi connectivity index (χ0) is 15.2. The van der Waals surface area contributed by atoms with Gasteiger partial charge in [0.15, 0.2) is 0 Å². The second kappa shape index (κ2) is 8.06. The molecule has 2 saturated heterocycles. The molecular weight excluding hydrogens is 298 g/mol. The number of rotatable bonds is 5. The molecule has 2 aliphatic heterocycles. The van der Waals surface area contributed by atoms with Crippen LogP contribution in [0.1, 0.15) is 24.1 Å². The van der Waals surface area contributed by atoms with Gasteiger partial charge in [-0.3, -0.25) is 9.69 Å². The van der Waals surface area contributed by atoms with E-state index in [0.717, 1.165) is 45.6 Å². The Balaban J connectivity index is 1.35. The van der Waals surface area contributed by atoms with Gasteiger partial charge in [-0.25, -0.2) is 0 Å². The van der Waals surface area contributed by atoms with Crippen LogP contribution in [0.25, 0.3) is 0 Å². The minimum Gasteiger partial charge on any atom is -0.375 e. The number of carbonyl (C=O) groups excluding carboxylic acids is 1. The predicted octanol–water partition coefficient (Wildman–Crippen LogP) is 1.21. The summed E-state index contributed by atoms with van der Waals surface area (Å²) in [7, 11) is 0. The summed E-state index contributed by atoms with van der Waals surface area (Å²) in [5.74, 6) is 0.130. The number of nitrogens with one attached hydrogen (secondary N) is 2. The summed E-state index contributed by atoms with van der Waals surface area (Å²) in [4.78, 5) is 16.0. The Morgan fingerprint density at radius 1 is 1.45 bits per heavy atom. The van der Waals surface area contributed by atoms with E-state index in [4.69, 9.17) is 4.74 Å². The molecule has 6 heteroatoms. The van der Waals surface area contributed by atoms with Crippen molar-refractivity contribution in [2.24, 2.45) is 0 Å². The summed E-state index contributed by atoms with van der Waals surface area (Å²) < 4.78 is 5.58. The predicted molar refractivity (Wildman–Crippen MR) is 88.0 cm³/mol. The van der Waals surface area contributed by atoms with Crippen LogP contribution >= 0.6 is 11.3 Å². The first-order valence-corrected chi connectivity index (χ1v) is 9.04. The lowest BCUT2D eigenvalue weighted by molar-refractivity contribution is -0.125. The number of likely N-dealkylation sites (tertiary alicyclic amines) is 1. The van der Waals surface area contributed by atoms with Gasteiger partial charge >= 0.3 is 0 Å². The Kier molecular flexibility index (Phi) is 5.83. The minimum atomic E-state index is 0.0349. The smallest absolute Gasteiger partial charge is 0.222 e. The molecule has 3 rings (SSSR count). The van der Waals surface area contributed by atoms with E-state index in [1.807, 2.05) is 11.3 Å². The van der Waals surface area contributed by atoms with Gasteiger partial charge in [0.25, 0.3) is 0 Å². The van der Waals surface area contributed by atoms with Gasteiger partial charge in [0.1, 0.15) is 0 Å². The summed E-state index contributed by atoms with van der Waals surface area (Å²) >= 11 is 1.82. The van der Waals surface area contributed by atoms with Crippen LogP contribution < -0.4 is 10.6 Å². The van der Waals surface area contributed by atoms with E-state index in [0.29, 0.717) is 19.1 Å². The van der Waals surface area contributed by atoms with Crippen LogP contribution in [0.5, 0.6) is 0 Å². The summed E-state index contributed by atoms with van der Waals surface area (Å²) in [6.45, 7) is 5.54. The van der Waals surface area contributed by atoms with Crippen LogP contribution in [0.4, 0.5) is 0 Å². The third-order valence-corrected chi connectivity index (χ3v) is 5.19. The van der Waals surface area contributed by atoms with Crippen molar-refractivity contribution in [2.75, 3.05) is 32.8 Å². The van der Waals surface area contributed by atoms with Gasteiger partial charge in [-0.05, 0) is 24.3 Å². The monoisotopic (exact) mass is 323 g/mol. The Labute approximate surface area is 136 Å². The largest absolute Gasteiger partial charge is 0.375 e. The van der Waals surface area contributed by atoms with Crippen LogP contribution in [-0.4, -0.2) is 55.7 Å². The third-order valence-electron chi connectivity index (χ3n) is 4.33. The van der Waals surface area contributed by atoms with Crippen LogP contribution in [0.2, 0.25) is 0 Å².